The van der Waals surface area contributed by atoms with Crippen molar-refractivity contribution in [3.05, 3.63) is 64.5 Å². The van der Waals surface area contributed by atoms with Crippen molar-refractivity contribution in [3.8, 4) is 5.75 Å². The molecule has 4 aromatic rings. The first-order valence-corrected chi connectivity index (χ1v) is 9.06. The highest BCUT2D eigenvalue weighted by Crippen LogP contribution is 2.30. The zero-order valence-electron chi connectivity index (χ0n) is 15.1. The molecule has 0 saturated heterocycles. The topological polar surface area (TPSA) is 67.3 Å². The summed E-state index contributed by atoms with van der Waals surface area (Å²) in [5.41, 5.74) is 3.49. The molecule has 0 saturated carbocycles. The zero-order valence-corrected chi connectivity index (χ0v) is 15.8. The second-order valence-corrected chi connectivity index (χ2v) is 6.81. The highest BCUT2D eigenvalue weighted by atomic mass is 35.5. The Morgan fingerprint density at radius 2 is 2.11 bits per heavy atom. The van der Waals surface area contributed by atoms with Crippen LogP contribution in [0.4, 0.5) is 0 Å². The Hall–Kier alpha value is -2.92. The number of carbonyl (C=O) groups is 1. The maximum atomic E-state index is 12.5. The average molecular weight is 383 g/mol. The molecule has 5 nitrogen and oxygen atoms in total. The minimum atomic E-state index is -0.235. The van der Waals surface area contributed by atoms with Crippen LogP contribution < -0.4 is 10.1 Å². The number of hydrogen-bond acceptors (Lipinski definition) is 3. The predicted molar refractivity (Wildman–Crippen MR) is 107 cm³/mol. The van der Waals surface area contributed by atoms with Crippen molar-refractivity contribution in [2.45, 2.75) is 13.3 Å². The summed E-state index contributed by atoms with van der Waals surface area (Å²) in [5, 5.41) is 5.42. The lowest BCUT2D eigenvalue weighted by molar-refractivity contribution is 0.0928. The molecule has 0 fully saturated rings. The Bertz CT molecular complexity index is 1140. The zero-order chi connectivity index (χ0) is 19.0. The molecule has 2 aromatic carbocycles. The van der Waals surface area contributed by atoms with Gasteiger partial charge in [-0.1, -0.05) is 23.7 Å². The lowest BCUT2D eigenvalue weighted by atomic mass is 10.1. The average Bonchev–Trinajstić information content (AvgIpc) is 3.23. The molecule has 0 spiro atoms. The Kier molecular flexibility index (Phi) is 4.54. The summed E-state index contributed by atoms with van der Waals surface area (Å²) in [6, 6.07) is 11.4. The standard InChI is InChI=1S/C21H19ClN2O3/c1-12-15-4-3-5-17(22)20(15)27-19(12)21(25)23-9-8-13-11-24-18-10-14(26-2)6-7-16(13)18/h3-7,10-11,24H,8-9H2,1-2H3,(H,23,25). The van der Waals surface area contributed by atoms with Gasteiger partial charge in [0.05, 0.1) is 12.1 Å². The summed E-state index contributed by atoms with van der Waals surface area (Å²) in [5.74, 6) is 0.881. The molecule has 4 rings (SSSR count). The van der Waals surface area contributed by atoms with E-state index < -0.39 is 0 Å². The Labute approximate surface area is 161 Å². The molecule has 0 aliphatic carbocycles. The number of carbonyl (C=O) groups excluding carboxylic acids is 1. The number of hydrogen-bond donors (Lipinski definition) is 2. The summed E-state index contributed by atoms with van der Waals surface area (Å²) in [6.07, 6.45) is 2.67. The van der Waals surface area contributed by atoms with Crippen LogP contribution in [0, 0.1) is 6.92 Å². The van der Waals surface area contributed by atoms with Crippen molar-refractivity contribution in [2.24, 2.45) is 0 Å². The SMILES string of the molecule is COc1ccc2c(CCNC(=O)c3oc4c(Cl)cccc4c3C)c[nH]c2c1. The number of amides is 1. The van der Waals surface area contributed by atoms with E-state index >= 15 is 0 Å². The van der Waals surface area contributed by atoms with Gasteiger partial charge in [-0.05, 0) is 37.1 Å². The summed E-state index contributed by atoms with van der Waals surface area (Å²) < 4.78 is 11.0. The minimum Gasteiger partial charge on any atom is -0.497 e. The number of para-hydroxylation sites is 1. The molecular formula is C21H19ClN2O3. The van der Waals surface area contributed by atoms with Gasteiger partial charge >= 0.3 is 0 Å². The number of nitrogens with one attached hydrogen (secondary N) is 2. The number of H-pyrrole nitrogens is 1. The van der Waals surface area contributed by atoms with Gasteiger partial charge < -0.3 is 19.5 Å². The van der Waals surface area contributed by atoms with Crippen molar-refractivity contribution in [3.63, 3.8) is 0 Å². The van der Waals surface area contributed by atoms with Crippen molar-refractivity contribution >= 4 is 39.4 Å². The molecule has 0 unspecified atom stereocenters. The molecule has 27 heavy (non-hydrogen) atoms. The second kappa shape index (κ2) is 7.00. The molecule has 2 aromatic heterocycles. The third-order valence-electron chi connectivity index (χ3n) is 4.78. The second-order valence-electron chi connectivity index (χ2n) is 6.40. The van der Waals surface area contributed by atoms with Gasteiger partial charge in [0.1, 0.15) is 5.75 Å². The number of aryl methyl sites for hydroxylation is 1. The molecule has 1 amide bonds. The van der Waals surface area contributed by atoms with E-state index in [1.807, 2.05) is 43.5 Å². The first kappa shape index (κ1) is 17.5. The molecule has 6 heteroatoms. The van der Waals surface area contributed by atoms with Gasteiger partial charge in [0.2, 0.25) is 0 Å². The van der Waals surface area contributed by atoms with Crippen LogP contribution in [0.25, 0.3) is 21.9 Å². The van der Waals surface area contributed by atoms with Crippen LogP contribution >= 0.6 is 11.6 Å². The van der Waals surface area contributed by atoms with Crippen LogP contribution in [-0.4, -0.2) is 24.5 Å². The highest BCUT2D eigenvalue weighted by Gasteiger charge is 2.18. The van der Waals surface area contributed by atoms with Crippen molar-refractivity contribution in [1.29, 1.82) is 0 Å². The van der Waals surface area contributed by atoms with Gasteiger partial charge in [0, 0.05) is 40.7 Å². The molecule has 2 heterocycles. The smallest absolute Gasteiger partial charge is 0.287 e. The fourth-order valence-corrected chi connectivity index (χ4v) is 3.53. The normalized spacial score (nSPS) is 11.2. The van der Waals surface area contributed by atoms with E-state index in [0.717, 1.165) is 33.2 Å². The van der Waals surface area contributed by atoms with E-state index in [2.05, 4.69) is 10.3 Å². The molecule has 0 bridgehead atoms. The van der Waals surface area contributed by atoms with Gasteiger partial charge in [-0.3, -0.25) is 4.79 Å². The number of rotatable bonds is 5. The van der Waals surface area contributed by atoms with Crippen LogP contribution in [0.5, 0.6) is 5.75 Å². The van der Waals surface area contributed by atoms with Crippen LogP contribution in [0.3, 0.4) is 0 Å². The lowest BCUT2D eigenvalue weighted by Crippen LogP contribution is -2.25. The number of aromatic amines is 1. The Morgan fingerprint density at radius 1 is 1.26 bits per heavy atom. The van der Waals surface area contributed by atoms with Crippen molar-refractivity contribution < 1.29 is 13.9 Å². The fraction of sp³-hybridized carbons (Fsp3) is 0.190. The molecule has 2 N–H and O–H groups in total. The van der Waals surface area contributed by atoms with Gasteiger partial charge in [-0.15, -0.1) is 0 Å². The number of halogens is 1. The van der Waals surface area contributed by atoms with E-state index in [1.54, 1.807) is 13.2 Å². The molecule has 138 valence electrons. The molecule has 0 aliphatic heterocycles. The summed E-state index contributed by atoms with van der Waals surface area (Å²) in [6.45, 7) is 2.37. The quantitative estimate of drug-likeness (QED) is 0.518. The monoisotopic (exact) mass is 382 g/mol. The van der Waals surface area contributed by atoms with Crippen LogP contribution in [-0.2, 0) is 6.42 Å². The van der Waals surface area contributed by atoms with Crippen molar-refractivity contribution in [1.82, 2.24) is 10.3 Å². The maximum absolute atomic E-state index is 12.5. The van der Waals surface area contributed by atoms with Gasteiger partial charge in [-0.25, -0.2) is 0 Å². The maximum Gasteiger partial charge on any atom is 0.287 e. The minimum absolute atomic E-state index is 0.235. The van der Waals surface area contributed by atoms with Crippen LogP contribution in [0.15, 0.2) is 47.0 Å². The summed E-state index contributed by atoms with van der Waals surface area (Å²) in [7, 11) is 1.65. The van der Waals surface area contributed by atoms with E-state index in [0.29, 0.717) is 29.3 Å². The largest absolute Gasteiger partial charge is 0.497 e. The van der Waals surface area contributed by atoms with E-state index in [9.17, 15) is 4.79 Å². The van der Waals surface area contributed by atoms with E-state index in [4.69, 9.17) is 20.8 Å². The number of benzene rings is 2. The summed E-state index contributed by atoms with van der Waals surface area (Å²) in [4.78, 5) is 15.8. The van der Waals surface area contributed by atoms with E-state index in [-0.39, 0.29) is 5.91 Å². The number of fused-ring (bicyclic) bond motifs is 2. The Morgan fingerprint density at radius 3 is 2.89 bits per heavy atom. The van der Waals surface area contributed by atoms with Crippen molar-refractivity contribution in [2.75, 3.05) is 13.7 Å². The molecular weight excluding hydrogens is 364 g/mol. The number of furan rings is 1. The van der Waals surface area contributed by atoms with E-state index in [1.165, 1.54) is 0 Å². The van der Waals surface area contributed by atoms with Crippen LogP contribution in [0.2, 0.25) is 5.02 Å². The Balaban J connectivity index is 1.47. The number of aromatic nitrogens is 1. The van der Waals surface area contributed by atoms with Crippen LogP contribution in [0.1, 0.15) is 21.7 Å². The number of methoxy groups -OCH3 is 1. The highest BCUT2D eigenvalue weighted by molar-refractivity contribution is 6.35. The first-order valence-electron chi connectivity index (χ1n) is 8.68. The molecule has 0 aliphatic rings. The molecule has 0 atom stereocenters. The number of ether oxygens (including phenoxy) is 1. The third-order valence-corrected chi connectivity index (χ3v) is 5.07. The third kappa shape index (κ3) is 3.15. The molecule has 0 radical (unpaired) electrons. The lowest BCUT2D eigenvalue weighted by Gasteiger charge is -2.04. The van der Waals surface area contributed by atoms with Gasteiger partial charge in [0.25, 0.3) is 5.91 Å². The summed E-state index contributed by atoms with van der Waals surface area (Å²) >= 11 is 6.16. The van der Waals surface area contributed by atoms with Gasteiger partial charge in [-0.2, -0.15) is 0 Å². The fourth-order valence-electron chi connectivity index (χ4n) is 3.32. The van der Waals surface area contributed by atoms with Gasteiger partial charge in [0.15, 0.2) is 11.3 Å². The first-order chi connectivity index (χ1) is 13.1. The predicted octanol–water partition coefficient (Wildman–Crippen LogP) is 4.86.